The fourth-order valence-corrected chi connectivity index (χ4v) is 6.51. The van der Waals surface area contributed by atoms with Crippen LogP contribution < -0.4 is 0 Å². The van der Waals surface area contributed by atoms with Gasteiger partial charge in [-0.1, -0.05) is 12.2 Å². The van der Waals surface area contributed by atoms with E-state index in [1.807, 2.05) is 0 Å². The Balaban J connectivity index is 1.62. The largest absolute Gasteiger partial charge is 0.367 e. The van der Waals surface area contributed by atoms with E-state index < -0.39 is 0 Å². The van der Waals surface area contributed by atoms with Crippen molar-refractivity contribution in [1.82, 2.24) is 0 Å². The standard InChI is InChI=1S/C20H30O/c1-3-9-19(13-15-5-7-17(19)11-15)21-20(10-4-2)14-16-6-8-18(20)12-16/h3-4,15-18H,1-2,5-14H2. The van der Waals surface area contributed by atoms with Crippen LogP contribution in [0.15, 0.2) is 25.3 Å². The van der Waals surface area contributed by atoms with E-state index in [9.17, 15) is 0 Å². The second kappa shape index (κ2) is 4.98. The molecule has 4 aliphatic carbocycles. The zero-order chi connectivity index (χ0) is 14.5. The lowest BCUT2D eigenvalue weighted by Gasteiger charge is -2.48. The molecule has 4 saturated carbocycles. The third-order valence-corrected chi connectivity index (χ3v) is 7.23. The summed E-state index contributed by atoms with van der Waals surface area (Å²) in [6, 6.07) is 0. The van der Waals surface area contributed by atoms with E-state index in [0.29, 0.717) is 0 Å². The molecule has 116 valence electrons. The van der Waals surface area contributed by atoms with Crippen LogP contribution in [-0.2, 0) is 4.74 Å². The molecule has 4 fully saturated rings. The molecule has 1 heteroatoms. The molecule has 21 heavy (non-hydrogen) atoms. The van der Waals surface area contributed by atoms with Crippen molar-refractivity contribution in [3.05, 3.63) is 25.3 Å². The van der Waals surface area contributed by atoms with E-state index >= 15 is 0 Å². The van der Waals surface area contributed by atoms with Gasteiger partial charge in [0.15, 0.2) is 0 Å². The highest BCUT2D eigenvalue weighted by molar-refractivity contribution is 5.11. The van der Waals surface area contributed by atoms with Gasteiger partial charge >= 0.3 is 0 Å². The number of hydrogen-bond acceptors (Lipinski definition) is 1. The van der Waals surface area contributed by atoms with Crippen molar-refractivity contribution < 1.29 is 4.74 Å². The van der Waals surface area contributed by atoms with Gasteiger partial charge < -0.3 is 4.74 Å². The smallest absolute Gasteiger partial charge is 0.0755 e. The second-order valence-electron chi connectivity index (χ2n) is 8.38. The summed E-state index contributed by atoms with van der Waals surface area (Å²) in [5.74, 6) is 3.44. The van der Waals surface area contributed by atoms with Crippen LogP contribution in [0.2, 0.25) is 0 Å². The van der Waals surface area contributed by atoms with Crippen LogP contribution in [0.3, 0.4) is 0 Å². The summed E-state index contributed by atoms with van der Waals surface area (Å²) < 4.78 is 7.15. The van der Waals surface area contributed by atoms with Crippen molar-refractivity contribution >= 4 is 0 Å². The third-order valence-electron chi connectivity index (χ3n) is 7.23. The lowest BCUT2D eigenvalue weighted by atomic mass is 9.77. The summed E-state index contributed by atoms with van der Waals surface area (Å²) in [7, 11) is 0. The Morgan fingerprint density at radius 3 is 1.57 bits per heavy atom. The van der Waals surface area contributed by atoms with Crippen LogP contribution in [0.25, 0.3) is 0 Å². The molecule has 6 atom stereocenters. The Labute approximate surface area is 129 Å². The highest BCUT2D eigenvalue weighted by Crippen LogP contribution is 2.61. The van der Waals surface area contributed by atoms with Crippen LogP contribution in [0.1, 0.15) is 64.2 Å². The van der Waals surface area contributed by atoms with Gasteiger partial charge in [0.1, 0.15) is 0 Å². The summed E-state index contributed by atoms with van der Waals surface area (Å²) in [4.78, 5) is 0. The molecule has 0 aromatic rings. The first-order valence-electron chi connectivity index (χ1n) is 9.12. The molecule has 6 unspecified atom stereocenters. The second-order valence-corrected chi connectivity index (χ2v) is 8.38. The fraction of sp³-hybridized carbons (Fsp3) is 0.800. The maximum absolute atomic E-state index is 7.15. The first-order valence-corrected chi connectivity index (χ1v) is 9.12. The van der Waals surface area contributed by atoms with Gasteiger partial charge in [-0.05, 0) is 87.9 Å². The maximum atomic E-state index is 7.15. The Hall–Kier alpha value is -0.560. The number of rotatable bonds is 6. The first kappa shape index (κ1) is 14.1. The van der Waals surface area contributed by atoms with Crippen LogP contribution in [-0.4, -0.2) is 11.2 Å². The molecule has 1 nitrogen and oxygen atoms in total. The molecule has 0 radical (unpaired) electrons. The highest BCUT2D eigenvalue weighted by atomic mass is 16.5. The molecule has 4 bridgehead atoms. The van der Waals surface area contributed by atoms with Crippen molar-refractivity contribution in [3.63, 3.8) is 0 Å². The van der Waals surface area contributed by atoms with Crippen molar-refractivity contribution in [3.8, 4) is 0 Å². The van der Waals surface area contributed by atoms with E-state index in [1.54, 1.807) is 0 Å². The van der Waals surface area contributed by atoms with Crippen molar-refractivity contribution in [1.29, 1.82) is 0 Å². The van der Waals surface area contributed by atoms with Gasteiger partial charge in [-0.3, -0.25) is 0 Å². The molecule has 0 aliphatic heterocycles. The molecule has 0 amide bonds. The van der Waals surface area contributed by atoms with Gasteiger partial charge in [0, 0.05) is 0 Å². The lowest BCUT2D eigenvalue weighted by Crippen LogP contribution is -2.50. The molecule has 0 aromatic carbocycles. The average molecular weight is 286 g/mol. The van der Waals surface area contributed by atoms with Crippen LogP contribution in [0.5, 0.6) is 0 Å². The van der Waals surface area contributed by atoms with Crippen LogP contribution >= 0.6 is 0 Å². The van der Waals surface area contributed by atoms with E-state index in [2.05, 4.69) is 25.3 Å². The number of ether oxygens (including phenoxy) is 1. The molecule has 0 heterocycles. The van der Waals surface area contributed by atoms with Gasteiger partial charge in [0.2, 0.25) is 0 Å². The van der Waals surface area contributed by atoms with E-state index in [4.69, 9.17) is 4.74 Å². The Morgan fingerprint density at radius 2 is 1.29 bits per heavy atom. The molecule has 0 spiro atoms. The summed E-state index contributed by atoms with van der Waals surface area (Å²) in [5.41, 5.74) is 0.246. The van der Waals surface area contributed by atoms with Gasteiger partial charge in [0.25, 0.3) is 0 Å². The molecular weight excluding hydrogens is 256 g/mol. The molecular formula is C20H30O. The van der Waals surface area contributed by atoms with Gasteiger partial charge in [-0.2, -0.15) is 0 Å². The maximum Gasteiger partial charge on any atom is 0.0755 e. The third kappa shape index (κ3) is 2.07. The molecule has 4 rings (SSSR count). The molecule has 0 saturated heterocycles. The van der Waals surface area contributed by atoms with Crippen molar-refractivity contribution in [2.24, 2.45) is 23.7 Å². The Morgan fingerprint density at radius 1 is 0.810 bits per heavy atom. The highest BCUT2D eigenvalue weighted by Gasteiger charge is 2.59. The zero-order valence-electron chi connectivity index (χ0n) is 13.4. The van der Waals surface area contributed by atoms with E-state index in [-0.39, 0.29) is 11.2 Å². The minimum atomic E-state index is 0.123. The Bertz CT molecular complexity index is 401. The van der Waals surface area contributed by atoms with Crippen molar-refractivity contribution in [2.75, 3.05) is 0 Å². The van der Waals surface area contributed by atoms with Crippen LogP contribution in [0.4, 0.5) is 0 Å². The van der Waals surface area contributed by atoms with E-state index in [1.165, 1.54) is 51.4 Å². The molecule has 4 aliphatic rings. The van der Waals surface area contributed by atoms with Gasteiger partial charge in [0.05, 0.1) is 11.2 Å². The van der Waals surface area contributed by atoms with Crippen molar-refractivity contribution in [2.45, 2.75) is 75.4 Å². The normalized spacial score (nSPS) is 50.7. The topological polar surface area (TPSA) is 9.23 Å². The minimum Gasteiger partial charge on any atom is -0.367 e. The summed E-state index contributed by atoms with van der Waals surface area (Å²) >= 11 is 0. The number of fused-ring (bicyclic) bond motifs is 4. The van der Waals surface area contributed by atoms with Gasteiger partial charge in [-0.15, -0.1) is 13.2 Å². The SMILES string of the molecule is C=CCC1(OC2(CC=C)CC3CCC2C3)CC2CCC1C2. The summed E-state index contributed by atoms with van der Waals surface area (Å²) in [5, 5.41) is 0. The average Bonchev–Trinajstić information content (AvgIpc) is 3.18. The fourth-order valence-electron chi connectivity index (χ4n) is 6.51. The quantitative estimate of drug-likeness (QED) is 0.604. The van der Waals surface area contributed by atoms with Crippen LogP contribution in [0, 0.1) is 23.7 Å². The first-order chi connectivity index (χ1) is 10.2. The number of hydrogen-bond donors (Lipinski definition) is 0. The summed E-state index contributed by atoms with van der Waals surface area (Å²) in [6.07, 6.45) is 17.4. The van der Waals surface area contributed by atoms with E-state index in [0.717, 1.165) is 36.5 Å². The molecule has 0 N–H and O–H groups in total. The Kier molecular flexibility index (Phi) is 3.33. The molecule has 0 aromatic heterocycles. The minimum absolute atomic E-state index is 0.123. The predicted octanol–water partition coefficient (Wildman–Crippen LogP) is 5.27. The monoisotopic (exact) mass is 286 g/mol. The van der Waals surface area contributed by atoms with Gasteiger partial charge in [-0.25, -0.2) is 0 Å². The summed E-state index contributed by atoms with van der Waals surface area (Å²) in [6.45, 7) is 8.09. The zero-order valence-corrected chi connectivity index (χ0v) is 13.4. The lowest BCUT2D eigenvalue weighted by molar-refractivity contribution is -0.198. The predicted molar refractivity (Wildman–Crippen MR) is 87.1 cm³/mol.